The predicted molar refractivity (Wildman–Crippen MR) is 108 cm³/mol. The average molecular weight is 501 g/mol. The Morgan fingerprint density at radius 1 is 1.12 bits per heavy atom. The molecule has 0 radical (unpaired) electrons. The maximum atomic E-state index is 13.5. The predicted octanol–water partition coefficient (Wildman–Crippen LogP) is 5.89. The van der Waals surface area contributed by atoms with Crippen molar-refractivity contribution in [2.75, 3.05) is 5.32 Å². The Morgan fingerprint density at radius 2 is 1.88 bits per heavy atom. The zero-order valence-electron chi connectivity index (χ0n) is 17.0. The van der Waals surface area contributed by atoms with Crippen LogP contribution in [0.25, 0.3) is 10.8 Å². The first-order valence-corrected chi connectivity index (χ1v) is 10.3. The second kappa shape index (κ2) is 8.59. The fourth-order valence-electron chi connectivity index (χ4n) is 3.10. The molecule has 0 bridgehead atoms. The fraction of sp³-hybridized carbons (Fsp3) is 0.200. The number of rotatable bonds is 5. The SMILES string of the molecule is C[C@H](c1ccc(C(F)(F)F)cc1C(F)(F)F)n1cc(NC(=O)c2nnc(-c3ccco3)s2)cn1. The van der Waals surface area contributed by atoms with Crippen LogP contribution < -0.4 is 5.32 Å². The Bertz CT molecular complexity index is 1310. The molecule has 4 rings (SSSR count). The summed E-state index contributed by atoms with van der Waals surface area (Å²) in [4.78, 5) is 12.4. The lowest BCUT2D eigenvalue weighted by Gasteiger charge is -2.20. The summed E-state index contributed by atoms with van der Waals surface area (Å²) in [5.74, 6) is -0.205. The molecule has 0 saturated heterocycles. The van der Waals surface area contributed by atoms with Gasteiger partial charge in [-0.05, 0) is 36.8 Å². The molecular formula is C20H13F6N5O2S. The van der Waals surface area contributed by atoms with Crippen LogP contribution in [0.3, 0.4) is 0 Å². The summed E-state index contributed by atoms with van der Waals surface area (Å²) in [5, 5.41) is 14.5. The number of amides is 1. The molecule has 0 spiro atoms. The maximum absolute atomic E-state index is 13.5. The Balaban J connectivity index is 1.55. The van der Waals surface area contributed by atoms with Crippen molar-refractivity contribution in [1.82, 2.24) is 20.0 Å². The second-order valence-corrected chi connectivity index (χ2v) is 8.00. The van der Waals surface area contributed by atoms with E-state index in [1.54, 1.807) is 12.1 Å². The first-order chi connectivity index (χ1) is 15.9. The summed E-state index contributed by atoms with van der Waals surface area (Å²) in [6.07, 6.45) is -6.05. The van der Waals surface area contributed by atoms with Gasteiger partial charge in [0.1, 0.15) is 0 Å². The minimum Gasteiger partial charge on any atom is -0.462 e. The van der Waals surface area contributed by atoms with E-state index in [4.69, 9.17) is 4.42 Å². The van der Waals surface area contributed by atoms with Gasteiger partial charge in [-0.25, -0.2) is 0 Å². The number of carbonyl (C=O) groups is 1. The number of anilines is 1. The molecule has 0 aliphatic carbocycles. The molecule has 1 aromatic carbocycles. The monoisotopic (exact) mass is 501 g/mol. The molecule has 7 nitrogen and oxygen atoms in total. The third kappa shape index (κ3) is 4.81. The van der Waals surface area contributed by atoms with E-state index in [0.29, 0.717) is 16.8 Å². The zero-order chi connectivity index (χ0) is 24.7. The molecule has 1 amide bonds. The Labute approximate surface area is 191 Å². The maximum Gasteiger partial charge on any atom is 0.416 e. The van der Waals surface area contributed by atoms with Crippen molar-refractivity contribution in [2.45, 2.75) is 25.3 Å². The molecule has 0 aliphatic rings. The van der Waals surface area contributed by atoms with Crippen molar-refractivity contribution >= 4 is 22.9 Å². The number of nitrogens with one attached hydrogen (secondary N) is 1. The highest BCUT2D eigenvalue weighted by Crippen LogP contribution is 2.39. The molecule has 4 aromatic rings. The number of aromatic nitrogens is 4. The minimum absolute atomic E-state index is 0.00861. The van der Waals surface area contributed by atoms with E-state index in [1.165, 1.54) is 25.6 Å². The summed E-state index contributed by atoms with van der Waals surface area (Å²) < 4.78 is 85.5. The van der Waals surface area contributed by atoms with E-state index >= 15 is 0 Å². The Morgan fingerprint density at radius 3 is 2.53 bits per heavy atom. The van der Waals surface area contributed by atoms with Gasteiger partial charge in [0.2, 0.25) is 5.01 Å². The lowest BCUT2D eigenvalue weighted by Crippen LogP contribution is -2.17. The van der Waals surface area contributed by atoms with Gasteiger partial charge in [0.05, 0.1) is 35.3 Å². The van der Waals surface area contributed by atoms with E-state index in [2.05, 4.69) is 20.6 Å². The molecular weight excluding hydrogens is 488 g/mol. The number of furan rings is 1. The van der Waals surface area contributed by atoms with E-state index in [9.17, 15) is 31.1 Å². The Kier molecular flexibility index (Phi) is 5.93. The summed E-state index contributed by atoms with van der Waals surface area (Å²) in [6.45, 7) is 1.34. The average Bonchev–Trinajstić information content (AvgIpc) is 3.52. The lowest BCUT2D eigenvalue weighted by atomic mass is 9.98. The quantitative estimate of drug-likeness (QED) is 0.345. The normalized spacial score (nSPS) is 13.1. The van der Waals surface area contributed by atoms with Crippen LogP contribution in [-0.4, -0.2) is 25.9 Å². The minimum atomic E-state index is -5.02. The van der Waals surface area contributed by atoms with Gasteiger partial charge >= 0.3 is 12.4 Å². The first kappa shape index (κ1) is 23.5. The number of alkyl halides is 6. The van der Waals surface area contributed by atoms with Gasteiger partial charge in [-0.3, -0.25) is 9.48 Å². The van der Waals surface area contributed by atoms with Crippen molar-refractivity contribution < 1.29 is 35.6 Å². The number of hydrogen-bond acceptors (Lipinski definition) is 6. The van der Waals surface area contributed by atoms with Crippen molar-refractivity contribution in [2.24, 2.45) is 0 Å². The van der Waals surface area contributed by atoms with Crippen LogP contribution in [0.5, 0.6) is 0 Å². The molecule has 3 aromatic heterocycles. The molecule has 1 N–H and O–H groups in total. The number of halogens is 6. The first-order valence-electron chi connectivity index (χ1n) is 9.44. The third-order valence-electron chi connectivity index (χ3n) is 4.74. The molecule has 0 saturated carbocycles. The highest BCUT2D eigenvalue weighted by Gasteiger charge is 2.39. The van der Waals surface area contributed by atoms with Crippen molar-refractivity contribution in [3.63, 3.8) is 0 Å². The van der Waals surface area contributed by atoms with Crippen molar-refractivity contribution in [3.8, 4) is 10.8 Å². The van der Waals surface area contributed by atoms with Crippen LogP contribution in [0.15, 0.2) is 53.4 Å². The fourth-order valence-corrected chi connectivity index (χ4v) is 3.81. The van der Waals surface area contributed by atoms with Gasteiger partial charge in [-0.2, -0.15) is 31.4 Å². The number of hydrogen-bond donors (Lipinski definition) is 1. The number of nitrogens with zero attached hydrogens (tertiary/aromatic N) is 4. The zero-order valence-corrected chi connectivity index (χ0v) is 17.8. The van der Waals surface area contributed by atoms with E-state index in [1.807, 2.05) is 0 Å². The van der Waals surface area contributed by atoms with E-state index in [-0.39, 0.29) is 16.8 Å². The van der Waals surface area contributed by atoms with Gasteiger partial charge in [0, 0.05) is 6.20 Å². The highest BCUT2D eigenvalue weighted by molar-refractivity contribution is 7.16. The van der Waals surface area contributed by atoms with Crippen LogP contribution in [0.2, 0.25) is 0 Å². The molecule has 14 heteroatoms. The number of carbonyl (C=O) groups excluding carboxylic acids is 1. The lowest BCUT2D eigenvalue weighted by molar-refractivity contribution is -0.143. The van der Waals surface area contributed by atoms with Crippen LogP contribution in [0, 0.1) is 0 Å². The van der Waals surface area contributed by atoms with Gasteiger partial charge in [-0.1, -0.05) is 17.4 Å². The number of benzene rings is 1. The standard InChI is InChI=1S/C20H13F6N5O2S/c1-10(13-5-4-11(19(21,22)23)7-14(13)20(24,25)26)31-9-12(8-27-31)28-16(32)18-30-29-17(34-18)15-3-2-6-33-15/h2-10H,1H3,(H,28,32)/t10-/m1/s1. The molecule has 1 atom stereocenters. The van der Waals surface area contributed by atoms with Gasteiger partial charge < -0.3 is 9.73 Å². The van der Waals surface area contributed by atoms with Crippen LogP contribution >= 0.6 is 11.3 Å². The summed E-state index contributed by atoms with van der Waals surface area (Å²) in [6, 6.07) is 3.63. The van der Waals surface area contributed by atoms with Crippen LogP contribution in [0.4, 0.5) is 32.0 Å². The van der Waals surface area contributed by atoms with Gasteiger partial charge in [0.15, 0.2) is 10.8 Å². The third-order valence-corrected chi connectivity index (χ3v) is 5.68. The smallest absolute Gasteiger partial charge is 0.416 e. The topological polar surface area (TPSA) is 85.8 Å². The molecule has 3 heterocycles. The van der Waals surface area contributed by atoms with Crippen LogP contribution in [-0.2, 0) is 12.4 Å². The summed E-state index contributed by atoms with van der Waals surface area (Å²) >= 11 is 0.964. The molecule has 0 fully saturated rings. The molecule has 0 aliphatic heterocycles. The second-order valence-electron chi connectivity index (χ2n) is 7.03. The van der Waals surface area contributed by atoms with Crippen LogP contribution in [0.1, 0.15) is 39.5 Å². The van der Waals surface area contributed by atoms with E-state index < -0.39 is 41.0 Å². The van der Waals surface area contributed by atoms with Crippen molar-refractivity contribution in [1.29, 1.82) is 0 Å². The van der Waals surface area contributed by atoms with Crippen molar-refractivity contribution in [3.05, 3.63) is 70.7 Å². The highest BCUT2D eigenvalue weighted by atomic mass is 32.1. The van der Waals surface area contributed by atoms with Gasteiger partial charge in [0.25, 0.3) is 5.91 Å². The molecule has 34 heavy (non-hydrogen) atoms. The molecule has 0 unspecified atom stereocenters. The largest absolute Gasteiger partial charge is 0.462 e. The van der Waals surface area contributed by atoms with Gasteiger partial charge in [-0.15, -0.1) is 10.2 Å². The summed E-state index contributed by atoms with van der Waals surface area (Å²) in [5.41, 5.74) is -3.09. The summed E-state index contributed by atoms with van der Waals surface area (Å²) in [7, 11) is 0. The Hall–Kier alpha value is -3.68. The molecule has 178 valence electrons. The van der Waals surface area contributed by atoms with E-state index in [0.717, 1.165) is 22.1 Å².